The maximum Gasteiger partial charge on any atom is 0.213 e. The Morgan fingerprint density at radius 2 is 1.05 bits per heavy atom. The van der Waals surface area contributed by atoms with Crippen LogP contribution in [0.3, 0.4) is 0 Å². The van der Waals surface area contributed by atoms with Gasteiger partial charge in [-0.3, -0.25) is 0 Å². The van der Waals surface area contributed by atoms with Crippen LogP contribution in [0.5, 0.6) is 17.2 Å². The number of para-hydroxylation sites is 2. The fourth-order valence-corrected chi connectivity index (χ4v) is 7.64. The minimum absolute atomic E-state index is 0.0182. The van der Waals surface area contributed by atoms with Crippen molar-refractivity contribution in [1.82, 2.24) is 0 Å². The quantitative estimate of drug-likeness (QED) is 0.269. The number of ether oxygens (including phenoxy) is 2. The van der Waals surface area contributed by atoms with Crippen LogP contribution in [-0.4, -0.2) is 21.9 Å². The van der Waals surface area contributed by atoms with Crippen LogP contribution in [0.15, 0.2) is 135 Å². The SMILES string of the molecule is O=S(=O)(c1ccc(O)cc1)c1ccc(-c2c3cccc2COc2ccccc2S(=O)(=O)c2ccccc2OC3)cc1. The molecule has 0 aromatic heterocycles. The maximum atomic E-state index is 13.6. The van der Waals surface area contributed by atoms with E-state index in [0.717, 1.165) is 22.3 Å². The summed E-state index contributed by atoms with van der Waals surface area (Å²) in [5.74, 6) is 0.416. The number of hydrogen-bond donors (Lipinski definition) is 1. The predicted octanol–water partition coefficient (Wildman–Crippen LogP) is 6.20. The van der Waals surface area contributed by atoms with Crippen molar-refractivity contribution in [2.75, 3.05) is 0 Å². The first-order valence-corrected chi connectivity index (χ1v) is 15.7. The van der Waals surface area contributed by atoms with E-state index in [4.69, 9.17) is 9.47 Å². The van der Waals surface area contributed by atoms with Gasteiger partial charge in [-0.2, -0.15) is 0 Å². The zero-order valence-corrected chi connectivity index (χ0v) is 23.2. The zero-order valence-electron chi connectivity index (χ0n) is 21.6. The van der Waals surface area contributed by atoms with Crippen LogP contribution in [0.1, 0.15) is 11.1 Å². The fourth-order valence-electron chi connectivity index (χ4n) is 4.84. The summed E-state index contributed by atoms with van der Waals surface area (Å²) in [6, 6.07) is 30.6. The third kappa shape index (κ3) is 4.94. The fraction of sp³-hybridized carbons (Fsp3) is 0.0625. The van der Waals surface area contributed by atoms with Crippen molar-refractivity contribution < 1.29 is 31.4 Å². The van der Waals surface area contributed by atoms with Crippen molar-refractivity contribution in [3.8, 4) is 28.4 Å². The van der Waals surface area contributed by atoms with Gasteiger partial charge in [-0.05, 0) is 82.9 Å². The Morgan fingerprint density at radius 1 is 0.585 bits per heavy atom. The highest BCUT2D eigenvalue weighted by atomic mass is 32.2. The van der Waals surface area contributed by atoms with Gasteiger partial charge in [-0.25, -0.2) is 16.8 Å². The summed E-state index contributed by atoms with van der Waals surface area (Å²) in [6.45, 7) is 0.149. The number of phenols is 1. The van der Waals surface area contributed by atoms with Gasteiger partial charge >= 0.3 is 0 Å². The van der Waals surface area contributed by atoms with Gasteiger partial charge in [-0.15, -0.1) is 0 Å². The van der Waals surface area contributed by atoms with Crippen LogP contribution in [0, 0.1) is 0 Å². The molecule has 6 rings (SSSR count). The Kier molecular flexibility index (Phi) is 6.76. The van der Waals surface area contributed by atoms with E-state index in [2.05, 4.69) is 0 Å². The highest BCUT2D eigenvalue weighted by Gasteiger charge is 2.27. The Labute approximate surface area is 238 Å². The lowest BCUT2D eigenvalue weighted by Crippen LogP contribution is -2.11. The highest BCUT2D eigenvalue weighted by molar-refractivity contribution is 7.92. The number of phenolic OH excluding ortho intramolecular Hbond substituents is 1. The summed E-state index contributed by atoms with van der Waals surface area (Å²) >= 11 is 0. The molecule has 1 heterocycles. The van der Waals surface area contributed by atoms with Crippen molar-refractivity contribution in [3.63, 3.8) is 0 Å². The van der Waals surface area contributed by atoms with Gasteiger partial charge in [0.1, 0.15) is 40.3 Å². The third-order valence-electron chi connectivity index (χ3n) is 6.88. The first-order chi connectivity index (χ1) is 19.7. The van der Waals surface area contributed by atoms with Crippen molar-refractivity contribution in [2.24, 2.45) is 0 Å². The van der Waals surface area contributed by atoms with Gasteiger partial charge in [0.05, 0.1) is 9.79 Å². The molecule has 7 nitrogen and oxygen atoms in total. The highest BCUT2D eigenvalue weighted by Crippen LogP contribution is 2.38. The monoisotopic (exact) mass is 584 g/mol. The van der Waals surface area contributed by atoms with Gasteiger partial charge in [0.2, 0.25) is 19.7 Å². The number of sulfone groups is 2. The average Bonchev–Trinajstić information content (AvgIpc) is 2.99. The molecule has 2 bridgehead atoms. The number of benzene rings is 5. The van der Waals surface area contributed by atoms with Crippen molar-refractivity contribution in [1.29, 1.82) is 0 Å². The Bertz CT molecular complexity index is 1890. The molecule has 5 aromatic rings. The second-order valence-electron chi connectivity index (χ2n) is 9.45. The molecule has 0 saturated heterocycles. The topological polar surface area (TPSA) is 107 Å². The molecule has 0 spiro atoms. The van der Waals surface area contributed by atoms with E-state index in [1.165, 1.54) is 36.4 Å². The molecular formula is C32H24O7S2. The van der Waals surface area contributed by atoms with Crippen molar-refractivity contribution >= 4 is 19.7 Å². The maximum absolute atomic E-state index is 13.6. The molecule has 9 heteroatoms. The summed E-state index contributed by atoms with van der Waals surface area (Å²) in [7, 11) is -7.73. The van der Waals surface area contributed by atoms with E-state index >= 15 is 0 Å². The summed E-state index contributed by atoms with van der Waals surface area (Å²) in [6.07, 6.45) is 0. The summed E-state index contributed by atoms with van der Waals surface area (Å²) in [5.41, 5.74) is 3.11. The first-order valence-electron chi connectivity index (χ1n) is 12.7. The normalized spacial score (nSPS) is 14.2. The van der Waals surface area contributed by atoms with Crippen LogP contribution in [0.25, 0.3) is 11.1 Å². The molecule has 41 heavy (non-hydrogen) atoms. The Balaban J connectivity index is 1.45. The molecule has 1 aliphatic rings. The molecule has 0 fully saturated rings. The largest absolute Gasteiger partial charge is 0.508 e. The van der Waals surface area contributed by atoms with E-state index < -0.39 is 19.7 Å². The molecule has 0 saturated carbocycles. The van der Waals surface area contributed by atoms with Gasteiger partial charge < -0.3 is 14.6 Å². The van der Waals surface area contributed by atoms with Crippen LogP contribution < -0.4 is 9.47 Å². The average molecular weight is 585 g/mol. The molecule has 0 atom stereocenters. The second kappa shape index (κ2) is 10.4. The molecule has 206 valence electrons. The molecule has 0 aliphatic carbocycles. The van der Waals surface area contributed by atoms with E-state index in [9.17, 15) is 21.9 Å². The lowest BCUT2D eigenvalue weighted by Gasteiger charge is -2.20. The summed E-state index contributed by atoms with van der Waals surface area (Å²) in [5, 5.41) is 9.54. The van der Waals surface area contributed by atoms with Gasteiger partial charge in [0.25, 0.3) is 0 Å². The number of fused-ring (bicyclic) bond motifs is 4. The summed E-state index contributed by atoms with van der Waals surface area (Å²) < 4.78 is 65.8. The number of hydrogen-bond acceptors (Lipinski definition) is 7. The molecule has 0 amide bonds. The smallest absolute Gasteiger partial charge is 0.213 e. The first kappa shape index (κ1) is 26.6. The zero-order chi connectivity index (χ0) is 28.6. The van der Waals surface area contributed by atoms with Crippen LogP contribution in [-0.2, 0) is 32.9 Å². The number of aromatic hydroxyl groups is 1. The van der Waals surface area contributed by atoms with Crippen molar-refractivity contribution in [3.05, 3.63) is 126 Å². The summed E-state index contributed by atoms with van der Waals surface area (Å²) in [4.78, 5) is 0.268. The van der Waals surface area contributed by atoms with Crippen LogP contribution in [0.4, 0.5) is 0 Å². The van der Waals surface area contributed by atoms with E-state index in [-0.39, 0.29) is 50.0 Å². The minimum Gasteiger partial charge on any atom is -0.508 e. The molecular weight excluding hydrogens is 560 g/mol. The van der Waals surface area contributed by atoms with E-state index in [0.29, 0.717) is 0 Å². The molecule has 5 aromatic carbocycles. The van der Waals surface area contributed by atoms with Crippen LogP contribution in [0.2, 0.25) is 0 Å². The Morgan fingerprint density at radius 3 is 1.56 bits per heavy atom. The van der Waals surface area contributed by atoms with Crippen molar-refractivity contribution in [2.45, 2.75) is 32.8 Å². The van der Waals surface area contributed by atoms with Gasteiger partial charge in [-0.1, -0.05) is 54.6 Å². The van der Waals surface area contributed by atoms with Gasteiger partial charge in [0, 0.05) is 0 Å². The predicted molar refractivity (Wildman–Crippen MR) is 152 cm³/mol. The standard InChI is InChI=1S/C32H24O7S2/c33-25-14-18-27(19-15-25)40(34,35)26-16-12-22(13-17-26)32-23-6-5-7-24(32)21-39-29-9-2-4-11-31(29)41(36,37)30-10-3-1-8-28(30)38-20-23/h1-19,33H,20-21H2. The second-order valence-corrected chi connectivity index (χ2v) is 13.3. The third-order valence-corrected chi connectivity index (χ3v) is 10.5. The Hall–Kier alpha value is -4.60. The molecule has 1 N–H and O–H groups in total. The molecule has 0 unspecified atom stereocenters. The molecule has 1 aliphatic heterocycles. The number of rotatable bonds is 3. The van der Waals surface area contributed by atoms with Gasteiger partial charge in [0.15, 0.2) is 0 Å². The minimum atomic E-state index is -3.94. The van der Waals surface area contributed by atoms with Crippen LogP contribution >= 0.6 is 0 Å². The molecule has 0 radical (unpaired) electrons. The lowest BCUT2D eigenvalue weighted by atomic mass is 9.95. The lowest BCUT2D eigenvalue weighted by molar-refractivity contribution is 0.290. The van der Waals surface area contributed by atoms with E-state index in [1.54, 1.807) is 60.7 Å². The van der Waals surface area contributed by atoms with E-state index in [1.807, 2.05) is 18.2 Å².